The summed E-state index contributed by atoms with van der Waals surface area (Å²) >= 11 is 0. The zero-order valence-electron chi connectivity index (χ0n) is 15.4. The van der Waals surface area contributed by atoms with Crippen molar-refractivity contribution >= 4 is 5.96 Å². The van der Waals surface area contributed by atoms with Crippen LogP contribution in [0.4, 0.5) is 0 Å². The number of fused-ring (bicyclic) bond motifs is 1. The summed E-state index contributed by atoms with van der Waals surface area (Å²) in [7, 11) is 0. The Morgan fingerprint density at radius 3 is 2.92 bits per heavy atom. The number of nitrogens with one attached hydrogen (secondary N) is 2. The summed E-state index contributed by atoms with van der Waals surface area (Å²) in [5, 5.41) is 6.86. The SMILES string of the molecule is CCNC(=NCc1ccc2c(c1)OCO2)NCC1CCCCN1CC. The lowest BCUT2D eigenvalue weighted by Crippen LogP contribution is -2.49. The number of hydrogen-bond acceptors (Lipinski definition) is 4. The zero-order chi connectivity index (χ0) is 17.5. The first-order valence-electron chi connectivity index (χ1n) is 9.45. The van der Waals surface area contributed by atoms with Crippen LogP contribution in [0.3, 0.4) is 0 Å². The molecule has 0 aliphatic carbocycles. The van der Waals surface area contributed by atoms with Crippen molar-refractivity contribution < 1.29 is 9.47 Å². The third-order valence-electron chi connectivity index (χ3n) is 4.86. The van der Waals surface area contributed by atoms with E-state index in [0.29, 0.717) is 19.4 Å². The van der Waals surface area contributed by atoms with Gasteiger partial charge in [-0.3, -0.25) is 4.90 Å². The summed E-state index contributed by atoms with van der Waals surface area (Å²) < 4.78 is 10.8. The fourth-order valence-corrected chi connectivity index (χ4v) is 3.47. The minimum Gasteiger partial charge on any atom is -0.454 e. The van der Waals surface area contributed by atoms with Gasteiger partial charge in [-0.25, -0.2) is 4.99 Å². The summed E-state index contributed by atoms with van der Waals surface area (Å²) in [5.41, 5.74) is 1.12. The standard InChI is InChI=1S/C19H30N4O2/c1-3-20-19(22-13-16-7-5-6-10-23(16)4-2)21-12-15-8-9-17-18(11-15)25-14-24-17/h8-9,11,16H,3-7,10,12-14H2,1-2H3,(H2,20,21,22). The molecule has 1 unspecified atom stereocenters. The number of nitrogens with zero attached hydrogens (tertiary/aromatic N) is 2. The van der Waals surface area contributed by atoms with Gasteiger partial charge in [-0.1, -0.05) is 19.4 Å². The fourth-order valence-electron chi connectivity index (χ4n) is 3.47. The number of piperidine rings is 1. The molecule has 3 rings (SSSR count). The number of hydrogen-bond donors (Lipinski definition) is 2. The van der Waals surface area contributed by atoms with E-state index in [9.17, 15) is 0 Å². The van der Waals surface area contributed by atoms with Crippen LogP contribution in [0.1, 0.15) is 38.7 Å². The topological polar surface area (TPSA) is 58.1 Å². The molecular formula is C19H30N4O2. The maximum absolute atomic E-state index is 5.44. The molecule has 1 saturated heterocycles. The van der Waals surface area contributed by atoms with Crippen LogP contribution in [0, 0.1) is 0 Å². The van der Waals surface area contributed by atoms with Gasteiger partial charge in [0.1, 0.15) is 0 Å². The lowest BCUT2D eigenvalue weighted by molar-refractivity contribution is 0.157. The largest absolute Gasteiger partial charge is 0.454 e. The summed E-state index contributed by atoms with van der Waals surface area (Å²) in [6, 6.07) is 6.61. The Hall–Kier alpha value is -1.95. The lowest BCUT2D eigenvalue weighted by atomic mass is 10.0. The van der Waals surface area contributed by atoms with E-state index in [0.717, 1.165) is 42.7 Å². The van der Waals surface area contributed by atoms with Gasteiger partial charge in [0.25, 0.3) is 0 Å². The number of rotatable bonds is 6. The predicted octanol–water partition coefficient (Wildman–Crippen LogP) is 2.34. The molecule has 0 aromatic heterocycles. The van der Waals surface area contributed by atoms with Crippen molar-refractivity contribution in [1.29, 1.82) is 0 Å². The molecular weight excluding hydrogens is 316 g/mol. The van der Waals surface area contributed by atoms with Gasteiger partial charge < -0.3 is 20.1 Å². The third-order valence-corrected chi connectivity index (χ3v) is 4.86. The molecule has 25 heavy (non-hydrogen) atoms. The number of aliphatic imine (C=N–C) groups is 1. The maximum Gasteiger partial charge on any atom is 0.231 e. The Labute approximate surface area is 150 Å². The third kappa shape index (κ3) is 4.78. The molecule has 2 aliphatic rings. The van der Waals surface area contributed by atoms with E-state index in [1.807, 2.05) is 18.2 Å². The van der Waals surface area contributed by atoms with Gasteiger partial charge in [0.15, 0.2) is 17.5 Å². The molecule has 0 saturated carbocycles. The monoisotopic (exact) mass is 346 g/mol. The van der Waals surface area contributed by atoms with E-state index in [1.54, 1.807) is 0 Å². The summed E-state index contributed by atoms with van der Waals surface area (Å²) in [4.78, 5) is 7.29. The molecule has 6 nitrogen and oxygen atoms in total. The molecule has 0 bridgehead atoms. The molecule has 0 spiro atoms. The van der Waals surface area contributed by atoms with Gasteiger partial charge >= 0.3 is 0 Å². The molecule has 2 heterocycles. The molecule has 1 aromatic rings. The number of benzene rings is 1. The Kier molecular flexibility index (Phi) is 6.39. The Morgan fingerprint density at radius 2 is 2.08 bits per heavy atom. The van der Waals surface area contributed by atoms with Crippen LogP contribution in [0.2, 0.25) is 0 Å². The number of likely N-dealkylation sites (N-methyl/N-ethyl adjacent to an activating group) is 1. The summed E-state index contributed by atoms with van der Waals surface area (Å²) in [6.07, 6.45) is 3.92. The molecule has 1 aromatic carbocycles. The van der Waals surface area contributed by atoms with Gasteiger partial charge in [0.2, 0.25) is 6.79 Å². The van der Waals surface area contributed by atoms with Crippen LogP contribution in [0.25, 0.3) is 0 Å². The van der Waals surface area contributed by atoms with Crippen LogP contribution in [0.5, 0.6) is 11.5 Å². The van der Waals surface area contributed by atoms with Crippen LogP contribution in [-0.2, 0) is 6.54 Å². The number of ether oxygens (including phenoxy) is 2. The minimum absolute atomic E-state index is 0.307. The lowest BCUT2D eigenvalue weighted by Gasteiger charge is -2.35. The molecule has 0 radical (unpaired) electrons. The van der Waals surface area contributed by atoms with Crippen LogP contribution in [-0.4, -0.2) is 49.9 Å². The van der Waals surface area contributed by atoms with E-state index >= 15 is 0 Å². The first-order chi connectivity index (χ1) is 12.3. The smallest absolute Gasteiger partial charge is 0.231 e. The Balaban J connectivity index is 1.57. The van der Waals surface area contributed by atoms with Gasteiger partial charge in [-0.2, -0.15) is 0 Å². The molecule has 0 amide bonds. The van der Waals surface area contributed by atoms with Crippen molar-refractivity contribution in [2.75, 3.05) is 33.0 Å². The molecule has 1 fully saturated rings. The normalized spacial score (nSPS) is 20.6. The fraction of sp³-hybridized carbons (Fsp3) is 0.632. The minimum atomic E-state index is 0.307. The zero-order valence-corrected chi connectivity index (χ0v) is 15.4. The van der Waals surface area contributed by atoms with E-state index < -0.39 is 0 Å². The highest BCUT2D eigenvalue weighted by atomic mass is 16.7. The second-order valence-corrected chi connectivity index (χ2v) is 6.54. The molecule has 2 N–H and O–H groups in total. The maximum atomic E-state index is 5.44. The van der Waals surface area contributed by atoms with Crippen molar-refractivity contribution in [1.82, 2.24) is 15.5 Å². The molecule has 6 heteroatoms. The molecule has 138 valence electrons. The van der Waals surface area contributed by atoms with Crippen LogP contribution < -0.4 is 20.1 Å². The number of guanidine groups is 1. The van der Waals surface area contributed by atoms with Gasteiger partial charge in [0.05, 0.1) is 6.54 Å². The summed E-state index contributed by atoms with van der Waals surface area (Å²) in [5.74, 6) is 2.50. The molecule has 1 atom stereocenters. The Bertz CT molecular complexity index is 591. The van der Waals surface area contributed by atoms with Crippen LogP contribution >= 0.6 is 0 Å². The average molecular weight is 346 g/mol. The van der Waals surface area contributed by atoms with E-state index in [2.05, 4.69) is 29.4 Å². The predicted molar refractivity (Wildman–Crippen MR) is 100 cm³/mol. The highest BCUT2D eigenvalue weighted by Crippen LogP contribution is 2.32. The second-order valence-electron chi connectivity index (χ2n) is 6.54. The van der Waals surface area contributed by atoms with Crippen molar-refractivity contribution in [3.63, 3.8) is 0 Å². The van der Waals surface area contributed by atoms with Gasteiger partial charge in [-0.15, -0.1) is 0 Å². The number of likely N-dealkylation sites (tertiary alicyclic amines) is 1. The van der Waals surface area contributed by atoms with E-state index in [4.69, 9.17) is 14.5 Å². The van der Waals surface area contributed by atoms with E-state index in [1.165, 1.54) is 25.8 Å². The van der Waals surface area contributed by atoms with Gasteiger partial charge in [0, 0.05) is 19.1 Å². The highest BCUT2D eigenvalue weighted by molar-refractivity contribution is 5.79. The Morgan fingerprint density at radius 1 is 1.20 bits per heavy atom. The van der Waals surface area contributed by atoms with E-state index in [-0.39, 0.29) is 0 Å². The molecule has 2 aliphatic heterocycles. The average Bonchev–Trinajstić information content (AvgIpc) is 3.12. The van der Waals surface area contributed by atoms with Gasteiger partial charge in [-0.05, 0) is 50.6 Å². The van der Waals surface area contributed by atoms with Crippen molar-refractivity contribution in [2.24, 2.45) is 4.99 Å². The van der Waals surface area contributed by atoms with Crippen molar-refractivity contribution in [3.8, 4) is 11.5 Å². The first kappa shape index (κ1) is 17.9. The summed E-state index contributed by atoms with van der Waals surface area (Å²) in [6.45, 7) is 9.41. The van der Waals surface area contributed by atoms with Crippen molar-refractivity contribution in [2.45, 2.75) is 45.7 Å². The first-order valence-corrected chi connectivity index (χ1v) is 9.45. The van der Waals surface area contributed by atoms with Crippen LogP contribution in [0.15, 0.2) is 23.2 Å². The quantitative estimate of drug-likeness (QED) is 0.612. The second kappa shape index (κ2) is 8.94. The highest BCUT2D eigenvalue weighted by Gasteiger charge is 2.20. The van der Waals surface area contributed by atoms with Crippen molar-refractivity contribution in [3.05, 3.63) is 23.8 Å².